The number of ether oxygens (including phenoxy) is 3. The van der Waals surface area contributed by atoms with Crippen LogP contribution < -0.4 is 20.1 Å². The smallest absolute Gasteiger partial charge is 0.408 e. The van der Waals surface area contributed by atoms with Gasteiger partial charge >= 0.3 is 6.09 Å². The van der Waals surface area contributed by atoms with Crippen LogP contribution in [0.2, 0.25) is 0 Å². The summed E-state index contributed by atoms with van der Waals surface area (Å²) in [5.74, 6) is 0.110. The number of amides is 1. The lowest BCUT2D eigenvalue weighted by Gasteiger charge is -2.39. The number of aliphatic hydroxyl groups excluding tert-OH is 1. The summed E-state index contributed by atoms with van der Waals surface area (Å²) in [7, 11) is 1.46. The van der Waals surface area contributed by atoms with Gasteiger partial charge in [-0.2, -0.15) is 0 Å². The summed E-state index contributed by atoms with van der Waals surface area (Å²) in [6.45, 7) is 5.75. The van der Waals surface area contributed by atoms with E-state index in [2.05, 4.69) is 10.6 Å². The molecule has 0 radical (unpaired) electrons. The third-order valence-electron chi connectivity index (χ3n) is 8.61. The molecule has 0 fully saturated rings. The van der Waals surface area contributed by atoms with E-state index in [1.165, 1.54) is 19.2 Å². The van der Waals surface area contributed by atoms with E-state index in [1.807, 2.05) is 37.3 Å². The van der Waals surface area contributed by atoms with Crippen LogP contribution in [0.1, 0.15) is 67.2 Å². The zero-order chi connectivity index (χ0) is 35.2. The molecule has 10 nitrogen and oxygen atoms in total. The van der Waals surface area contributed by atoms with Gasteiger partial charge in [0.05, 0.1) is 35.8 Å². The van der Waals surface area contributed by atoms with Gasteiger partial charge in [-0.3, -0.25) is 4.79 Å². The van der Waals surface area contributed by atoms with E-state index in [4.69, 9.17) is 19.2 Å². The van der Waals surface area contributed by atoms with Crippen molar-refractivity contribution in [1.82, 2.24) is 10.3 Å². The third kappa shape index (κ3) is 8.54. The number of nitrogens with one attached hydrogen (secondary N) is 2. The molecule has 1 aliphatic heterocycles. The van der Waals surface area contributed by atoms with E-state index in [1.54, 1.807) is 50.2 Å². The minimum absolute atomic E-state index is 0.0196. The van der Waals surface area contributed by atoms with E-state index >= 15 is 0 Å². The Morgan fingerprint density at radius 2 is 1.82 bits per heavy atom. The number of benzene rings is 3. The van der Waals surface area contributed by atoms with Crippen LogP contribution >= 0.6 is 0 Å². The topological polar surface area (TPSA) is 139 Å². The summed E-state index contributed by atoms with van der Waals surface area (Å²) in [5.41, 5.74) is 1.42. The van der Waals surface area contributed by atoms with Crippen LogP contribution in [0.3, 0.4) is 0 Å². The van der Waals surface area contributed by atoms with Crippen LogP contribution in [0.5, 0.6) is 11.5 Å². The number of anilines is 1. The summed E-state index contributed by atoms with van der Waals surface area (Å²) < 4.78 is 30.5. The average Bonchev–Trinajstić information content (AvgIpc) is 3.09. The van der Waals surface area contributed by atoms with Crippen molar-refractivity contribution in [1.29, 1.82) is 0 Å². The summed E-state index contributed by atoms with van der Waals surface area (Å²) in [6, 6.07) is 21.8. The molecule has 258 valence electrons. The Kier molecular flexibility index (Phi) is 10.8. The first kappa shape index (κ1) is 35.3. The lowest BCUT2D eigenvalue weighted by atomic mass is 9.81. The Hall–Kier alpha value is -5.00. The van der Waals surface area contributed by atoms with E-state index in [0.29, 0.717) is 52.5 Å². The van der Waals surface area contributed by atoms with Crippen molar-refractivity contribution in [3.63, 3.8) is 0 Å². The fraction of sp³-hybridized carbons (Fsp3) is 0.342. The number of fused-ring (bicyclic) bond motifs is 1. The van der Waals surface area contributed by atoms with Crippen molar-refractivity contribution in [2.75, 3.05) is 25.6 Å². The largest absolute Gasteiger partial charge is 0.493 e. The van der Waals surface area contributed by atoms with Crippen molar-refractivity contribution >= 4 is 17.6 Å². The molecular formula is C38H42FN3O7. The van der Waals surface area contributed by atoms with E-state index in [0.717, 1.165) is 5.56 Å². The number of carbonyl (C=O) groups is 2. The van der Waals surface area contributed by atoms with E-state index in [-0.39, 0.29) is 37.5 Å². The van der Waals surface area contributed by atoms with Crippen LogP contribution in [-0.2, 0) is 22.5 Å². The number of rotatable bonds is 13. The van der Waals surface area contributed by atoms with E-state index < -0.39 is 29.2 Å². The first-order chi connectivity index (χ1) is 23.4. The van der Waals surface area contributed by atoms with Gasteiger partial charge in [0.15, 0.2) is 17.3 Å². The standard InChI is InChI=1S/C38H42FN3O7/c1-24(43)22-48-31-15-12-27(20-32(31)47-4)30(44)16-17-38(3,46)33-21-29-35(34(41-33)26-10-13-28(39)14-11-26)40-19-18-37(29,2)42-36(45)49-23-25-8-6-5-7-9-25/h5-15,20-21,24,40,43,46H,16-19,22-23H2,1-4H3,(H,42,45)/t24-,37+,38?/m1/s1. The summed E-state index contributed by atoms with van der Waals surface area (Å²) in [4.78, 5) is 31.3. The van der Waals surface area contributed by atoms with Crippen molar-refractivity contribution < 1.29 is 38.4 Å². The second kappa shape index (κ2) is 15.0. The van der Waals surface area contributed by atoms with Crippen LogP contribution in [0.25, 0.3) is 11.3 Å². The zero-order valence-electron chi connectivity index (χ0n) is 28.1. The quantitative estimate of drug-likeness (QED) is 0.118. The maximum absolute atomic E-state index is 13.9. The molecule has 5 rings (SSSR count). The van der Waals surface area contributed by atoms with Gasteiger partial charge in [0.25, 0.3) is 0 Å². The highest BCUT2D eigenvalue weighted by molar-refractivity contribution is 5.96. The lowest BCUT2D eigenvalue weighted by Crippen LogP contribution is -2.47. The minimum atomic E-state index is -1.57. The number of aliphatic hydroxyl groups is 2. The number of pyridine rings is 1. The molecule has 2 heterocycles. The van der Waals surface area contributed by atoms with Gasteiger partial charge in [-0.15, -0.1) is 0 Å². The highest BCUT2D eigenvalue weighted by atomic mass is 19.1. The molecule has 4 aromatic rings. The first-order valence-electron chi connectivity index (χ1n) is 16.2. The lowest BCUT2D eigenvalue weighted by molar-refractivity contribution is 0.0396. The van der Waals surface area contributed by atoms with Crippen molar-refractivity contribution in [3.05, 3.63) is 107 Å². The molecule has 49 heavy (non-hydrogen) atoms. The highest BCUT2D eigenvalue weighted by Crippen LogP contribution is 2.43. The number of Topliss-reactive ketones (excluding diaryl/α,β-unsaturated/α-hetero) is 1. The average molecular weight is 672 g/mol. The number of hydrogen-bond acceptors (Lipinski definition) is 9. The SMILES string of the molecule is COc1cc(C(=O)CCC(C)(O)c2cc3c(c(-c4ccc(F)cc4)n2)NCC[C@]3(C)NC(=O)OCc2ccccc2)ccc1OC[C@@H](C)O. The molecule has 4 N–H and O–H groups in total. The molecule has 0 saturated carbocycles. The summed E-state index contributed by atoms with van der Waals surface area (Å²) in [6.07, 6.45) is -0.761. The Bertz CT molecular complexity index is 1780. The molecule has 11 heteroatoms. The van der Waals surface area contributed by atoms with Crippen molar-refractivity contribution in [2.45, 2.75) is 63.9 Å². The second-order valence-corrected chi connectivity index (χ2v) is 12.7. The number of methoxy groups -OCH3 is 1. The Labute approximate surface area is 285 Å². The summed E-state index contributed by atoms with van der Waals surface area (Å²) in [5, 5.41) is 27.8. The van der Waals surface area contributed by atoms with Gasteiger partial charge in [-0.05, 0) is 87.7 Å². The number of hydrogen-bond donors (Lipinski definition) is 4. The number of aromatic nitrogens is 1. The van der Waals surface area contributed by atoms with E-state index in [9.17, 15) is 24.2 Å². The molecular weight excluding hydrogens is 629 g/mol. The molecule has 1 amide bonds. The minimum Gasteiger partial charge on any atom is -0.493 e. The second-order valence-electron chi connectivity index (χ2n) is 12.7. The Balaban J connectivity index is 1.42. The number of carbonyl (C=O) groups excluding carboxylic acids is 2. The van der Waals surface area contributed by atoms with Crippen LogP contribution in [0.15, 0.2) is 78.9 Å². The zero-order valence-corrected chi connectivity index (χ0v) is 28.1. The third-order valence-corrected chi connectivity index (χ3v) is 8.61. The van der Waals surface area contributed by atoms with Crippen molar-refractivity contribution in [3.8, 4) is 22.8 Å². The van der Waals surface area contributed by atoms with Gasteiger partial charge in [0.2, 0.25) is 0 Å². The first-order valence-corrected chi connectivity index (χ1v) is 16.2. The fourth-order valence-electron chi connectivity index (χ4n) is 5.74. The number of halogens is 1. The predicted molar refractivity (Wildman–Crippen MR) is 183 cm³/mol. The molecule has 1 aliphatic rings. The molecule has 0 bridgehead atoms. The van der Waals surface area contributed by atoms with Gasteiger partial charge in [0, 0.05) is 29.7 Å². The maximum Gasteiger partial charge on any atom is 0.408 e. The monoisotopic (exact) mass is 671 g/mol. The van der Waals surface area contributed by atoms with Crippen LogP contribution in [0.4, 0.5) is 14.9 Å². The molecule has 1 unspecified atom stereocenters. The Morgan fingerprint density at radius 1 is 1.08 bits per heavy atom. The van der Waals surface area contributed by atoms with Gasteiger partial charge in [0.1, 0.15) is 24.6 Å². The fourth-order valence-corrected chi connectivity index (χ4v) is 5.74. The molecule has 1 aromatic heterocycles. The number of alkyl carbamates (subject to hydrolysis) is 1. The van der Waals surface area contributed by atoms with Gasteiger partial charge in [-0.25, -0.2) is 14.2 Å². The van der Waals surface area contributed by atoms with Crippen molar-refractivity contribution in [2.24, 2.45) is 0 Å². The molecule has 3 atom stereocenters. The highest BCUT2D eigenvalue weighted by Gasteiger charge is 2.38. The molecule has 0 aliphatic carbocycles. The maximum atomic E-state index is 13.9. The number of ketones is 1. The predicted octanol–water partition coefficient (Wildman–Crippen LogP) is 6.48. The van der Waals surface area contributed by atoms with Gasteiger partial charge in [-0.1, -0.05) is 30.3 Å². The summed E-state index contributed by atoms with van der Waals surface area (Å²) >= 11 is 0. The van der Waals surface area contributed by atoms with Crippen LogP contribution in [-0.4, -0.2) is 53.4 Å². The Morgan fingerprint density at radius 3 is 2.51 bits per heavy atom. The number of nitrogens with zero attached hydrogens (tertiary/aromatic N) is 1. The van der Waals surface area contributed by atoms with Gasteiger partial charge < -0.3 is 35.1 Å². The molecule has 0 saturated heterocycles. The normalized spacial score (nSPS) is 17.1. The molecule has 0 spiro atoms. The molecule has 3 aromatic carbocycles. The van der Waals surface area contributed by atoms with Crippen LogP contribution in [0, 0.1) is 5.82 Å².